The van der Waals surface area contributed by atoms with E-state index in [4.69, 9.17) is 0 Å². The predicted octanol–water partition coefficient (Wildman–Crippen LogP) is 4.76. The van der Waals surface area contributed by atoms with Crippen LogP contribution in [0.5, 0.6) is 0 Å². The molecule has 0 radical (unpaired) electrons. The first-order valence-electron chi connectivity index (χ1n) is 8.68. The Labute approximate surface area is 149 Å². The van der Waals surface area contributed by atoms with Gasteiger partial charge in [0.15, 0.2) is 0 Å². The summed E-state index contributed by atoms with van der Waals surface area (Å²) in [5, 5.41) is 6.96. The lowest BCUT2D eigenvalue weighted by Crippen LogP contribution is -2.22. The zero-order chi connectivity index (χ0) is 16.8. The van der Waals surface area contributed by atoms with Gasteiger partial charge in [-0.2, -0.15) is 0 Å². The van der Waals surface area contributed by atoms with E-state index < -0.39 is 0 Å². The van der Waals surface area contributed by atoms with Crippen molar-refractivity contribution in [3.63, 3.8) is 0 Å². The second-order valence-electron chi connectivity index (χ2n) is 6.17. The molecule has 128 valence electrons. The van der Waals surface area contributed by atoms with Crippen LogP contribution in [-0.2, 0) is 0 Å². The highest BCUT2D eigenvalue weighted by molar-refractivity contribution is 7.97. The van der Waals surface area contributed by atoms with Crippen molar-refractivity contribution in [2.45, 2.75) is 43.0 Å². The fourth-order valence-corrected chi connectivity index (χ4v) is 3.79. The number of nitrogens with zero attached hydrogens (tertiary/aromatic N) is 1. The van der Waals surface area contributed by atoms with E-state index in [1.54, 1.807) is 11.9 Å². The second kappa shape index (κ2) is 8.40. The summed E-state index contributed by atoms with van der Waals surface area (Å²) in [6.07, 6.45) is 8.41. The van der Waals surface area contributed by atoms with Gasteiger partial charge < -0.3 is 10.6 Å². The highest BCUT2D eigenvalue weighted by Gasteiger charge is 2.16. The maximum Gasteiger partial charge on any atom is 0.0743 e. The molecule has 0 atom stereocenters. The van der Waals surface area contributed by atoms with Gasteiger partial charge in [-0.25, -0.2) is 0 Å². The zero-order valence-corrected chi connectivity index (χ0v) is 15.2. The number of benzene rings is 1. The highest BCUT2D eigenvalue weighted by atomic mass is 32.2. The molecule has 0 bridgehead atoms. The highest BCUT2D eigenvalue weighted by Crippen LogP contribution is 2.33. The Bertz CT molecular complexity index is 668. The number of pyridine rings is 1. The lowest BCUT2D eigenvalue weighted by atomic mass is 9.95. The summed E-state index contributed by atoms with van der Waals surface area (Å²) in [6, 6.07) is 11.2. The molecule has 0 unspecified atom stereocenters. The maximum atomic E-state index is 4.60. The third-order valence-electron chi connectivity index (χ3n) is 4.50. The van der Waals surface area contributed by atoms with Crippen molar-refractivity contribution in [1.82, 2.24) is 9.71 Å². The maximum absolute atomic E-state index is 4.60. The van der Waals surface area contributed by atoms with Crippen molar-refractivity contribution in [3.8, 4) is 11.3 Å². The van der Waals surface area contributed by atoms with Gasteiger partial charge in [-0.05, 0) is 62.2 Å². The van der Waals surface area contributed by atoms with E-state index in [0.717, 1.165) is 16.9 Å². The fraction of sp³-hybridized carbons (Fsp3) is 0.421. The Morgan fingerprint density at radius 3 is 2.62 bits per heavy atom. The van der Waals surface area contributed by atoms with Crippen molar-refractivity contribution >= 4 is 23.3 Å². The van der Waals surface area contributed by atoms with Crippen LogP contribution < -0.4 is 15.4 Å². The monoisotopic (exact) mass is 342 g/mol. The topological polar surface area (TPSA) is 49.0 Å². The first-order valence-corrected chi connectivity index (χ1v) is 9.50. The molecule has 1 aliphatic carbocycles. The number of aromatic nitrogens is 1. The Hall–Kier alpha value is -1.72. The van der Waals surface area contributed by atoms with E-state index in [1.165, 1.54) is 42.7 Å². The van der Waals surface area contributed by atoms with Crippen LogP contribution in [0.3, 0.4) is 0 Å². The van der Waals surface area contributed by atoms with E-state index in [9.17, 15) is 0 Å². The van der Waals surface area contributed by atoms with Crippen LogP contribution in [0.2, 0.25) is 0 Å². The summed E-state index contributed by atoms with van der Waals surface area (Å²) in [4.78, 5) is 5.80. The van der Waals surface area contributed by atoms with Crippen LogP contribution in [0.1, 0.15) is 32.1 Å². The van der Waals surface area contributed by atoms with Crippen molar-refractivity contribution < 1.29 is 0 Å². The molecule has 1 aromatic heterocycles. The number of nitrogens with one attached hydrogen (secondary N) is 3. The van der Waals surface area contributed by atoms with E-state index in [2.05, 4.69) is 44.6 Å². The summed E-state index contributed by atoms with van der Waals surface area (Å²) in [5.41, 5.74) is 4.43. The smallest absolute Gasteiger partial charge is 0.0743 e. The minimum absolute atomic E-state index is 0.577. The van der Waals surface area contributed by atoms with Crippen LogP contribution in [0, 0.1) is 0 Å². The summed E-state index contributed by atoms with van der Waals surface area (Å²) in [5.74, 6) is 0. The molecule has 1 saturated carbocycles. The molecule has 3 N–H and O–H groups in total. The molecule has 0 amide bonds. The molecule has 2 aromatic rings. The van der Waals surface area contributed by atoms with Crippen LogP contribution in [0.25, 0.3) is 11.3 Å². The average Bonchev–Trinajstić information content (AvgIpc) is 2.64. The van der Waals surface area contributed by atoms with Crippen molar-refractivity contribution in [2.75, 3.05) is 24.7 Å². The predicted molar refractivity (Wildman–Crippen MR) is 105 cm³/mol. The third-order valence-corrected chi connectivity index (χ3v) is 5.19. The quantitative estimate of drug-likeness (QED) is 0.661. The SMILES string of the molecule is CNSc1ccc(NC2CCCCC2)c(-c2cc(NC)ccn2)c1. The van der Waals surface area contributed by atoms with Gasteiger partial charge in [-0.1, -0.05) is 19.3 Å². The standard InChI is InChI=1S/C19H26N4S/c1-20-15-10-11-22-19(12-15)17-13-16(24-21-2)8-9-18(17)23-14-6-4-3-5-7-14/h8-14,21,23H,3-7H2,1-2H3,(H,20,22). The van der Waals surface area contributed by atoms with Crippen LogP contribution in [0.4, 0.5) is 11.4 Å². The molecule has 24 heavy (non-hydrogen) atoms. The summed E-state index contributed by atoms with van der Waals surface area (Å²) in [6.45, 7) is 0. The first-order chi connectivity index (χ1) is 11.8. The molecule has 1 fully saturated rings. The zero-order valence-electron chi connectivity index (χ0n) is 14.4. The van der Waals surface area contributed by atoms with Gasteiger partial charge in [0, 0.05) is 41.1 Å². The first kappa shape index (κ1) is 17.1. The normalized spacial score (nSPS) is 15.2. The molecular formula is C19H26N4S. The number of rotatable bonds is 6. The van der Waals surface area contributed by atoms with Gasteiger partial charge in [0.05, 0.1) is 5.69 Å². The Morgan fingerprint density at radius 1 is 1.04 bits per heavy atom. The number of anilines is 2. The molecule has 1 heterocycles. The van der Waals surface area contributed by atoms with Crippen molar-refractivity contribution in [2.24, 2.45) is 0 Å². The fourth-order valence-electron chi connectivity index (χ4n) is 3.24. The lowest BCUT2D eigenvalue weighted by molar-refractivity contribution is 0.463. The molecule has 1 aliphatic rings. The summed E-state index contributed by atoms with van der Waals surface area (Å²) in [7, 11) is 3.88. The largest absolute Gasteiger partial charge is 0.388 e. The Kier molecular flexibility index (Phi) is 5.99. The molecule has 0 saturated heterocycles. The van der Waals surface area contributed by atoms with Crippen LogP contribution in [0.15, 0.2) is 41.4 Å². The lowest BCUT2D eigenvalue weighted by Gasteiger charge is -2.25. The Balaban J connectivity index is 1.94. The van der Waals surface area contributed by atoms with Crippen LogP contribution in [-0.4, -0.2) is 25.1 Å². The van der Waals surface area contributed by atoms with E-state index in [0.29, 0.717) is 6.04 Å². The number of hydrogen-bond acceptors (Lipinski definition) is 5. The molecule has 0 spiro atoms. The second-order valence-corrected chi connectivity index (χ2v) is 7.26. The molecule has 3 rings (SSSR count). The average molecular weight is 343 g/mol. The number of hydrogen-bond donors (Lipinski definition) is 3. The van der Waals surface area contributed by atoms with Gasteiger partial charge in [0.2, 0.25) is 0 Å². The minimum atomic E-state index is 0.577. The van der Waals surface area contributed by atoms with Gasteiger partial charge in [-0.15, -0.1) is 0 Å². The van der Waals surface area contributed by atoms with Gasteiger partial charge in [0.25, 0.3) is 0 Å². The van der Waals surface area contributed by atoms with Crippen molar-refractivity contribution in [3.05, 3.63) is 36.5 Å². The van der Waals surface area contributed by atoms with Crippen LogP contribution >= 0.6 is 11.9 Å². The molecule has 1 aromatic carbocycles. The Morgan fingerprint density at radius 2 is 1.88 bits per heavy atom. The van der Waals surface area contributed by atoms with E-state index >= 15 is 0 Å². The molecule has 4 nitrogen and oxygen atoms in total. The van der Waals surface area contributed by atoms with Gasteiger partial charge >= 0.3 is 0 Å². The summed E-state index contributed by atoms with van der Waals surface area (Å²) < 4.78 is 3.15. The molecular weight excluding hydrogens is 316 g/mol. The van der Waals surface area contributed by atoms with Gasteiger partial charge in [0.1, 0.15) is 0 Å². The van der Waals surface area contributed by atoms with E-state index in [-0.39, 0.29) is 0 Å². The molecule has 0 aliphatic heterocycles. The van der Waals surface area contributed by atoms with Gasteiger partial charge in [-0.3, -0.25) is 9.71 Å². The molecule has 5 heteroatoms. The van der Waals surface area contributed by atoms with E-state index in [1.807, 2.05) is 26.4 Å². The van der Waals surface area contributed by atoms with Crippen molar-refractivity contribution in [1.29, 1.82) is 0 Å². The minimum Gasteiger partial charge on any atom is -0.388 e. The third kappa shape index (κ3) is 4.22. The summed E-state index contributed by atoms with van der Waals surface area (Å²) >= 11 is 1.63.